The van der Waals surface area contributed by atoms with Crippen molar-refractivity contribution >= 4 is 24.6 Å². The SMILES string of the molecule is COc1ccc(C2NC(S)C3C(=O)N(C)C(=O)N(C)C3N2)cc1. The highest BCUT2D eigenvalue weighted by Gasteiger charge is 2.49. The number of imide groups is 1. The highest BCUT2D eigenvalue weighted by atomic mass is 32.1. The topological polar surface area (TPSA) is 73.9 Å². The number of nitrogens with zero attached hydrogens (tertiary/aromatic N) is 2. The highest BCUT2D eigenvalue weighted by molar-refractivity contribution is 7.81. The van der Waals surface area contributed by atoms with E-state index in [1.54, 1.807) is 19.1 Å². The fourth-order valence-corrected chi connectivity index (χ4v) is 3.49. The summed E-state index contributed by atoms with van der Waals surface area (Å²) < 4.78 is 5.16. The maximum absolute atomic E-state index is 12.4. The van der Waals surface area contributed by atoms with E-state index in [9.17, 15) is 9.59 Å². The summed E-state index contributed by atoms with van der Waals surface area (Å²) in [6.07, 6.45) is -0.613. The second-order valence-corrected chi connectivity index (χ2v) is 6.30. The van der Waals surface area contributed by atoms with Crippen molar-refractivity contribution in [1.82, 2.24) is 20.4 Å². The summed E-state index contributed by atoms with van der Waals surface area (Å²) in [5.41, 5.74) is 0.982. The van der Waals surface area contributed by atoms with Crippen LogP contribution in [0, 0.1) is 5.92 Å². The lowest BCUT2D eigenvalue weighted by Crippen LogP contribution is -2.71. The molecule has 23 heavy (non-hydrogen) atoms. The maximum Gasteiger partial charge on any atom is 0.327 e. The van der Waals surface area contributed by atoms with Gasteiger partial charge in [0.25, 0.3) is 0 Å². The molecule has 2 fully saturated rings. The van der Waals surface area contributed by atoms with Crippen LogP contribution in [0.4, 0.5) is 4.79 Å². The van der Waals surface area contributed by atoms with Gasteiger partial charge in [0.2, 0.25) is 5.91 Å². The predicted octanol–water partition coefficient (Wildman–Crippen LogP) is 0.609. The number of carbonyl (C=O) groups excluding carboxylic acids is 2. The Balaban J connectivity index is 1.86. The number of hydrogen-bond donors (Lipinski definition) is 3. The molecule has 3 amide bonds. The van der Waals surface area contributed by atoms with Gasteiger partial charge in [0.1, 0.15) is 5.75 Å². The smallest absolute Gasteiger partial charge is 0.327 e. The van der Waals surface area contributed by atoms with E-state index in [-0.39, 0.29) is 23.5 Å². The zero-order valence-corrected chi connectivity index (χ0v) is 14.1. The first-order valence-corrected chi connectivity index (χ1v) is 7.84. The molecule has 0 bridgehead atoms. The lowest BCUT2D eigenvalue weighted by Gasteiger charge is -2.49. The van der Waals surface area contributed by atoms with Crippen molar-refractivity contribution in [3.8, 4) is 5.75 Å². The van der Waals surface area contributed by atoms with E-state index in [0.29, 0.717) is 0 Å². The van der Waals surface area contributed by atoms with Crippen LogP contribution >= 0.6 is 12.6 Å². The molecule has 4 unspecified atom stereocenters. The Labute approximate surface area is 140 Å². The number of fused-ring (bicyclic) bond motifs is 1. The van der Waals surface area contributed by atoms with Crippen LogP contribution in [0.5, 0.6) is 5.75 Å². The van der Waals surface area contributed by atoms with Crippen LogP contribution in [0.2, 0.25) is 0 Å². The molecule has 2 N–H and O–H groups in total. The van der Waals surface area contributed by atoms with Crippen molar-refractivity contribution in [2.24, 2.45) is 5.92 Å². The largest absolute Gasteiger partial charge is 0.497 e. The van der Waals surface area contributed by atoms with Gasteiger partial charge in [0, 0.05) is 14.1 Å². The fraction of sp³-hybridized carbons (Fsp3) is 0.467. The lowest BCUT2D eigenvalue weighted by molar-refractivity contribution is -0.140. The molecule has 0 saturated carbocycles. The second kappa shape index (κ2) is 6.03. The summed E-state index contributed by atoms with van der Waals surface area (Å²) in [5.74, 6) is 0.0958. The van der Waals surface area contributed by atoms with Crippen LogP contribution in [-0.2, 0) is 4.79 Å². The van der Waals surface area contributed by atoms with E-state index in [1.807, 2.05) is 24.3 Å². The van der Waals surface area contributed by atoms with Gasteiger partial charge in [0.15, 0.2) is 0 Å². The molecule has 124 valence electrons. The van der Waals surface area contributed by atoms with Gasteiger partial charge in [-0.25, -0.2) is 4.79 Å². The normalized spacial score (nSPS) is 31.1. The van der Waals surface area contributed by atoms with E-state index in [0.717, 1.165) is 16.2 Å². The van der Waals surface area contributed by atoms with Gasteiger partial charge in [-0.3, -0.25) is 20.3 Å². The van der Waals surface area contributed by atoms with Gasteiger partial charge in [-0.2, -0.15) is 12.6 Å². The molecule has 1 aromatic carbocycles. The van der Waals surface area contributed by atoms with Gasteiger partial charge >= 0.3 is 6.03 Å². The number of benzene rings is 1. The average molecular weight is 336 g/mol. The van der Waals surface area contributed by atoms with Crippen LogP contribution in [0.15, 0.2) is 24.3 Å². The Bertz CT molecular complexity index is 624. The molecule has 2 aliphatic rings. The molecular weight excluding hydrogens is 316 g/mol. The summed E-state index contributed by atoms with van der Waals surface area (Å²) in [7, 11) is 4.80. The molecule has 0 spiro atoms. The van der Waals surface area contributed by atoms with Gasteiger partial charge in [-0.05, 0) is 17.7 Å². The van der Waals surface area contributed by atoms with Crippen molar-refractivity contribution in [3.63, 3.8) is 0 Å². The monoisotopic (exact) mass is 336 g/mol. The molecular formula is C15H20N4O3S. The number of carbonyl (C=O) groups is 2. The van der Waals surface area contributed by atoms with E-state index >= 15 is 0 Å². The van der Waals surface area contributed by atoms with Gasteiger partial charge in [0.05, 0.1) is 30.7 Å². The van der Waals surface area contributed by atoms with Crippen molar-refractivity contribution in [2.75, 3.05) is 21.2 Å². The number of methoxy groups -OCH3 is 1. The molecule has 4 atom stereocenters. The first kappa shape index (κ1) is 16.1. The number of thiol groups is 1. The number of rotatable bonds is 2. The molecule has 2 heterocycles. The molecule has 2 aliphatic heterocycles. The number of ether oxygens (including phenoxy) is 1. The van der Waals surface area contributed by atoms with Crippen molar-refractivity contribution in [3.05, 3.63) is 29.8 Å². The quantitative estimate of drug-likeness (QED) is 0.690. The summed E-state index contributed by atoms with van der Waals surface area (Å²) in [6.45, 7) is 0. The number of hydrogen-bond acceptors (Lipinski definition) is 6. The van der Waals surface area contributed by atoms with Gasteiger partial charge in [-0.1, -0.05) is 12.1 Å². The van der Waals surface area contributed by atoms with Crippen molar-refractivity contribution < 1.29 is 14.3 Å². The lowest BCUT2D eigenvalue weighted by atomic mass is 9.96. The van der Waals surface area contributed by atoms with Gasteiger partial charge < -0.3 is 9.64 Å². The Hall–Kier alpha value is -1.77. The van der Waals surface area contributed by atoms with E-state index < -0.39 is 12.1 Å². The number of nitrogens with one attached hydrogen (secondary N) is 2. The van der Waals surface area contributed by atoms with Crippen molar-refractivity contribution in [1.29, 1.82) is 0 Å². The molecule has 0 aliphatic carbocycles. The summed E-state index contributed by atoms with van der Waals surface area (Å²) >= 11 is 4.54. The third-order valence-electron chi connectivity index (χ3n) is 4.43. The van der Waals surface area contributed by atoms with Crippen molar-refractivity contribution in [2.45, 2.75) is 17.7 Å². The molecule has 1 aromatic rings. The fourth-order valence-electron chi connectivity index (χ4n) is 3.05. The Morgan fingerprint density at radius 2 is 1.78 bits per heavy atom. The minimum absolute atomic E-state index is 0.212. The van der Waals surface area contributed by atoms with Gasteiger partial charge in [-0.15, -0.1) is 0 Å². The average Bonchev–Trinajstić information content (AvgIpc) is 2.57. The third-order valence-corrected chi connectivity index (χ3v) is 4.90. The first-order valence-electron chi connectivity index (χ1n) is 7.32. The van der Waals surface area contributed by atoms with E-state index in [4.69, 9.17) is 4.74 Å². The Morgan fingerprint density at radius 3 is 2.39 bits per heavy atom. The molecule has 8 heteroatoms. The molecule has 0 aromatic heterocycles. The third kappa shape index (κ3) is 2.66. The standard InChI is InChI=1S/C15H20N4O3S/c1-18-12-10(14(20)19(2)15(18)21)13(23)17-11(16-12)8-4-6-9(22-3)7-5-8/h4-7,10-13,16-17,23H,1-3H3. The van der Waals surface area contributed by atoms with E-state index in [2.05, 4.69) is 23.3 Å². The Kier molecular flexibility index (Phi) is 4.22. The minimum atomic E-state index is -0.444. The van der Waals surface area contributed by atoms with Crippen LogP contribution in [0.3, 0.4) is 0 Å². The summed E-state index contributed by atoms with van der Waals surface area (Å²) in [5, 5.41) is 6.25. The maximum atomic E-state index is 12.4. The van der Waals surface area contributed by atoms with Crippen LogP contribution in [-0.4, -0.2) is 54.5 Å². The van der Waals surface area contributed by atoms with Crippen LogP contribution in [0.1, 0.15) is 11.7 Å². The first-order chi connectivity index (χ1) is 10.9. The second-order valence-electron chi connectivity index (χ2n) is 5.75. The minimum Gasteiger partial charge on any atom is -0.497 e. The highest BCUT2D eigenvalue weighted by Crippen LogP contribution is 2.31. The predicted molar refractivity (Wildman–Crippen MR) is 88.0 cm³/mol. The zero-order chi connectivity index (χ0) is 16.7. The number of urea groups is 1. The Morgan fingerprint density at radius 1 is 1.13 bits per heavy atom. The molecule has 3 rings (SSSR count). The zero-order valence-electron chi connectivity index (χ0n) is 13.2. The summed E-state index contributed by atoms with van der Waals surface area (Å²) in [6, 6.07) is 7.28. The molecule has 0 radical (unpaired) electrons. The molecule has 7 nitrogen and oxygen atoms in total. The summed E-state index contributed by atoms with van der Waals surface area (Å²) in [4.78, 5) is 27.2. The van der Waals surface area contributed by atoms with Crippen LogP contribution in [0.25, 0.3) is 0 Å². The van der Waals surface area contributed by atoms with Crippen LogP contribution < -0.4 is 15.4 Å². The number of amides is 3. The molecule has 2 saturated heterocycles. The van der Waals surface area contributed by atoms with E-state index in [1.165, 1.54) is 7.05 Å².